The molecule has 1 aliphatic rings. The SMILES string of the molecule is COCCN[C@@H]1C[C@H](C)CN(c2ccc(C(F)(F)F)c3ncccc23)C1. The van der Waals surface area contributed by atoms with Gasteiger partial charge in [0.15, 0.2) is 0 Å². The second kappa shape index (κ2) is 7.80. The summed E-state index contributed by atoms with van der Waals surface area (Å²) in [6.07, 6.45) is -1.96. The Morgan fingerprint density at radius 1 is 1.27 bits per heavy atom. The van der Waals surface area contributed by atoms with Gasteiger partial charge in [-0.1, -0.05) is 6.92 Å². The van der Waals surface area contributed by atoms with E-state index in [1.807, 2.05) is 0 Å². The highest BCUT2D eigenvalue weighted by Crippen LogP contribution is 2.38. The molecule has 1 aromatic carbocycles. The third-order valence-electron chi connectivity index (χ3n) is 4.79. The fourth-order valence-electron chi connectivity index (χ4n) is 3.72. The van der Waals surface area contributed by atoms with E-state index in [0.29, 0.717) is 17.9 Å². The normalized spacial score (nSPS) is 21.3. The zero-order chi connectivity index (χ0) is 18.7. The quantitative estimate of drug-likeness (QED) is 0.818. The molecule has 1 saturated heterocycles. The molecule has 2 aromatic rings. The van der Waals surface area contributed by atoms with Crippen molar-refractivity contribution in [2.24, 2.45) is 5.92 Å². The van der Waals surface area contributed by atoms with Crippen LogP contribution in [0.4, 0.5) is 18.9 Å². The van der Waals surface area contributed by atoms with Crippen LogP contribution < -0.4 is 10.2 Å². The number of nitrogens with one attached hydrogen (secondary N) is 1. The molecule has 26 heavy (non-hydrogen) atoms. The Morgan fingerprint density at radius 3 is 2.81 bits per heavy atom. The average molecular weight is 367 g/mol. The molecule has 0 saturated carbocycles. The zero-order valence-corrected chi connectivity index (χ0v) is 15.0. The van der Waals surface area contributed by atoms with Gasteiger partial charge >= 0.3 is 6.18 Å². The van der Waals surface area contributed by atoms with Crippen LogP contribution in [0.25, 0.3) is 10.9 Å². The van der Waals surface area contributed by atoms with Gasteiger partial charge in [-0.25, -0.2) is 0 Å². The van der Waals surface area contributed by atoms with Gasteiger partial charge in [-0.05, 0) is 36.6 Å². The van der Waals surface area contributed by atoms with E-state index in [4.69, 9.17) is 4.74 Å². The van der Waals surface area contributed by atoms with Crippen LogP contribution in [0.5, 0.6) is 0 Å². The molecule has 2 heterocycles. The maximum Gasteiger partial charge on any atom is 0.418 e. The number of pyridine rings is 1. The number of hydrogen-bond donors (Lipinski definition) is 1. The van der Waals surface area contributed by atoms with Crippen molar-refractivity contribution in [3.05, 3.63) is 36.0 Å². The van der Waals surface area contributed by atoms with Gasteiger partial charge in [0.25, 0.3) is 0 Å². The second-order valence-corrected chi connectivity index (χ2v) is 6.92. The lowest BCUT2D eigenvalue weighted by molar-refractivity contribution is -0.136. The Labute approximate surface area is 151 Å². The first kappa shape index (κ1) is 18.9. The number of halogens is 3. The van der Waals surface area contributed by atoms with Gasteiger partial charge in [0.05, 0.1) is 17.7 Å². The van der Waals surface area contributed by atoms with Gasteiger partial charge in [0, 0.05) is 50.1 Å². The summed E-state index contributed by atoms with van der Waals surface area (Å²) in [5.41, 5.74) is 0.141. The lowest BCUT2D eigenvalue weighted by atomic mass is 9.94. The van der Waals surface area contributed by atoms with E-state index in [0.717, 1.165) is 37.8 Å². The minimum Gasteiger partial charge on any atom is -0.383 e. The van der Waals surface area contributed by atoms with Crippen molar-refractivity contribution in [1.29, 1.82) is 0 Å². The molecule has 0 bridgehead atoms. The predicted molar refractivity (Wildman–Crippen MR) is 96.4 cm³/mol. The summed E-state index contributed by atoms with van der Waals surface area (Å²) < 4.78 is 45.0. The number of ether oxygens (including phenoxy) is 1. The van der Waals surface area contributed by atoms with Crippen LogP contribution in [0.1, 0.15) is 18.9 Å². The maximum absolute atomic E-state index is 13.3. The summed E-state index contributed by atoms with van der Waals surface area (Å²) in [6.45, 7) is 5.14. The van der Waals surface area contributed by atoms with Gasteiger partial charge in [-0.2, -0.15) is 13.2 Å². The molecular weight excluding hydrogens is 343 g/mol. The molecule has 1 aromatic heterocycles. The molecule has 142 valence electrons. The van der Waals surface area contributed by atoms with E-state index in [-0.39, 0.29) is 11.6 Å². The standard InChI is InChI=1S/C19H24F3N3O/c1-13-10-14(23-8-9-26-2)12-25(11-13)17-6-5-16(19(20,21)22)18-15(17)4-3-7-24-18/h3-7,13-14,23H,8-12H2,1-2H3/t13-,14+/m0/s1. The second-order valence-electron chi connectivity index (χ2n) is 6.92. The first-order chi connectivity index (χ1) is 12.4. The van der Waals surface area contributed by atoms with Gasteiger partial charge in [0.1, 0.15) is 0 Å². The highest BCUT2D eigenvalue weighted by atomic mass is 19.4. The molecule has 3 rings (SSSR count). The molecule has 2 atom stereocenters. The first-order valence-corrected chi connectivity index (χ1v) is 8.82. The lowest BCUT2D eigenvalue weighted by Crippen LogP contribution is -2.49. The van der Waals surface area contributed by atoms with E-state index >= 15 is 0 Å². The number of aromatic nitrogens is 1. The van der Waals surface area contributed by atoms with Gasteiger partial charge in [-0.15, -0.1) is 0 Å². The molecule has 7 heteroatoms. The zero-order valence-electron chi connectivity index (χ0n) is 15.0. The number of methoxy groups -OCH3 is 1. The molecule has 0 spiro atoms. The van der Waals surface area contributed by atoms with Crippen molar-refractivity contribution in [3.63, 3.8) is 0 Å². The molecule has 0 radical (unpaired) electrons. The first-order valence-electron chi connectivity index (χ1n) is 8.82. The van der Waals surface area contributed by atoms with Crippen molar-refractivity contribution in [2.75, 3.05) is 38.3 Å². The Balaban J connectivity index is 1.92. The number of piperidine rings is 1. The number of rotatable bonds is 5. The third kappa shape index (κ3) is 4.10. The topological polar surface area (TPSA) is 37.4 Å². The molecule has 1 aliphatic heterocycles. The van der Waals surface area contributed by atoms with E-state index in [1.54, 1.807) is 25.3 Å². The third-order valence-corrected chi connectivity index (χ3v) is 4.79. The molecule has 0 aliphatic carbocycles. The van der Waals surface area contributed by atoms with E-state index in [1.165, 1.54) is 6.20 Å². The van der Waals surface area contributed by atoms with Gasteiger partial charge < -0.3 is 15.0 Å². The van der Waals surface area contributed by atoms with Crippen LogP contribution in [0.15, 0.2) is 30.5 Å². The van der Waals surface area contributed by atoms with Crippen molar-refractivity contribution < 1.29 is 17.9 Å². The van der Waals surface area contributed by atoms with Gasteiger partial charge in [-0.3, -0.25) is 4.98 Å². The molecule has 1 fully saturated rings. The van der Waals surface area contributed by atoms with Crippen molar-refractivity contribution in [2.45, 2.75) is 25.6 Å². The Morgan fingerprint density at radius 2 is 2.08 bits per heavy atom. The summed E-state index contributed by atoms with van der Waals surface area (Å²) in [5.74, 6) is 0.442. The van der Waals surface area contributed by atoms with E-state index < -0.39 is 11.7 Å². The smallest absolute Gasteiger partial charge is 0.383 e. The number of nitrogens with zero attached hydrogens (tertiary/aromatic N) is 2. The molecular formula is C19H24F3N3O. The van der Waals surface area contributed by atoms with Crippen LogP contribution in [0, 0.1) is 5.92 Å². The predicted octanol–water partition coefficient (Wildman–Crippen LogP) is 3.70. The number of hydrogen-bond acceptors (Lipinski definition) is 4. The maximum atomic E-state index is 13.3. The number of alkyl halides is 3. The molecule has 4 nitrogen and oxygen atoms in total. The summed E-state index contributed by atoms with van der Waals surface area (Å²) in [5, 5.41) is 4.02. The number of fused-ring (bicyclic) bond motifs is 1. The highest BCUT2D eigenvalue weighted by molar-refractivity contribution is 5.94. The van der Waals surface area contributed by atoms with E-state index in [9.17, 15) is 13.2 Å². The highest BCUT2D eigenvalue weighted by Gasteiger charge is 2.34. The van der Waals surface area contributed by atoms with Crippen LogP contribution in [0.3, 0.4) is 0 Å². The molecule has 0 unspecified atom stereocenters. The van der Waals surface area contributed by atoms with Crippen LogP contribution in [-0.2, 0) is 10.9 Å². The van der Waals surface area contributed by atoms with Crippen molar-refractivity contribution >= 4 is 16.6 Å². The number of benzene rings is 1. The van der Waals surface area contributed by atoms with Crippen LogP contribution in [0.2, 0.25) is 0 Å². The Hall–Kier alpha value is -1.86. The molecule has 1 N–H and O–H groups in total. The van der Waals surface area contributed by atoms with E-state index in [2.05, 4.69) is 22.1 Å². The largest absolute Gasteiger partial charge is 0.418 e. The van der Waals surface area contributed by atoms with Crippen LogP contribution in [-0.4, -0.2) is 44.4 Å². The lowest BCUT2D eigenvalue weighted by Gasteiger charge is -2.39. The molecule has 0 amide bonds. The van der Waals surface area contributed by atoms with Crippen molar-refractivity contribution in [1.82, 2.24) is 10.3 Å². The fraction of sp³-hybridized carbons (Fsp3) is 0.526. The fourth-order valence-corrected chi connectivity index (χ4v) is 3.72. The van der Waals surface area contributed by atoms with Gasteiger partial charge in [0.2, 0.25) is 0 Å². The van der Waals surface area contributed by atoms with Crippen LogP contribution >= 0.6 is 0 Å². The summed E-state index contributed by atoms with van der Waals surface area (Å²) in [6, 6.07) is 6.42. The summed E-state index contributed by atoms with van der Waals surface area (Å²) in [7, 11) is 1.67. The summed E-state index contributed by atoms with van der Waals surface area (Å²) in [4.78, 5) is 6.19. The monoisotopic (exact) mass is 367 g/mol. The average Bonchev–Trinajstić information content (AvgIpc) is 2.59. The minimum atomic E-state index is -4.41. The Bertz CT molecular complexity index is 750. The minimum absolute atomic E-state index is 0.0135. The summed E-state index contributed by atoms with van der Waals surface area (Å²) >= 11 is 0. The van der Waals surface area contributed by atoms with Crippen molar-refractivity contribution in [3.8, 4) is 0 Å². The number of anilines is 1. The Kier molecular flexibility index (Phi) is 5.67.